The summed E-state index contributed by atoms with van der Waals surface area (Å²) in [5.74, 6) is -3.01. The predicted molar refractivity (Wildman–Crippen MR) is 61.5 cm³/mol. The molecule has 0 atom stereocenters. The number of aromatic nitrogens is 1. The minimum Gasteiger partial charge on any atom is -0.444 e. The van der Waals surface area contributed by atoms with E-state index in [1.54, 1.807) is 20.8 Å². The van der Waals surface area contributed by atoms with E-state index in [2.05, 4.69) is 10.3 Å². The number of hydrogen-bond acceptors (Lipinski definition) is 4. The molecule has 0 aliphatic heterocycles. The average Bonchev–Trinajstić information content (AvgIpc) is 2.47. The number of ether oxygens (including phenoxy) is 1. The molecule has 1 aromatic rings. The number of hydrogen-bond donors (Lipinski definition) is 1. The topological polar surface area (TPSA) is 51.2 Å². The standard InChI is InChI=1S/C10H14F2N2O2S/c1-9(2,3)16-8(15)14-7-13-6(5-17-7)10(4,11)12/h5H,1-4H3,(H,13,14,15). The number of amides is 1. The second-order valence-corrected chi connectivity index (χ2v) is 5.41. The fourth-order valence-electron chi connectivity index (χ4n) is 0.924. The fourth-order valence-corrected chi connectivity index (χ4v) is 1.70. The van der Waals surface area contributed by atoms with Crippen LogP contribution in [0.15, 0.2) is 5.38 Å². The summed E-state index contributed by atoms with van der Waals surface area (Å²) in [5.41, 5.74) is -1.01. The summed E-state index contributed by atoms with van der Waals surface area (Å²) in [5, 5.41) is 3.60. The van der Waals surface area contributed by atoms with Crippen molar-refractivity contribution >= 4 is 22.6 Å². The van der Waals surface area contributed by atoms with Crippen molar-refractivity contribution < 1.29 is 18.3 Å². The molecule has 0 unspecified atom stereocenters. The molecule has 0 spiro atoms. The minimum absolute atomic E-state index is 0.0933. The number of alkyl halides is 2. The summed E-state index contributed by atoms with van der Waals surface area (Å²) in [7, 11) is 0. The maximum atomic E-state index is 12.9. The molecule has 1 rings (SSSR count). The highest BCUT2D eigenvalue weighted by atomic mass is 32.1. The van der Waals surface area contributed by atoms with Gasteiger partial charge in [0.05, 0.1) is 0 Å². The lowest BCUT2D eigenvalue weighted by Gasteiger charge is -2.18. The van der Waals surface area contributed by atoms with Gasteiger partial charge >= 0.3 is 6.09 Å². The van der Waals surface area contributed by atoms with Crippen LogP contribution in [0.4, 0.5) is 18.7 Å². The lowest BCUT2D eigenvalue weighted by atomic mass is 10.2. The Labute approximate surface area is 102 Å². The Bertz CT molecular complexity index is 407. The second kappa shape index (κ2) is 4.56. The highest BCUT2D eigenvalue weighted by Crippen LogP contribution is 2.29. The zero-order valence-corrected chi connectivity index (χ0v) is 10.8. The molecule has 0 radical (unpaired) electrons. The van der Waals surface area contributed by atoms with Crippen molar-refractivity contribution in [3.05, 3.63) is 11.1 Å². The summed E-state index contributed by atoms with van der Waals surface area (Å²) in [6.45, 7) is 5.87. The van der Waals surface area contributed by atoms with Crippen LogP contribution in [0.5, 0.6) is 0 Å². The lowest BCUT2D eigenvalue weighted by molar-refractivity contribution is 0.0134. The summed E-state index contributed by atoms with van der Waals surface area (Å²) in [6, 6.07) is 0. The third-order valence-electron chi connectivity index (χ3n) is 1.56. The van der Waals surface area contributed by atoms with Crippen molar-refractivity contribution in [2.75, 3.05) is 5.32 Å². The van der Waals surface area contributed by atoms with E-state index in [-0.39, 0.29) is 10.8 Å². The number of halogens is 2. The molecule has 1 amide bonds. The maximum absolute atomic E-state index is 12.9. The number of anilines is 1. The van der Waals surface area contributed by atoms with Crippen LogP contribution in [0.25, 0.3) is 0 Å². The third kappa shape index (κ3) is 4.64. The molecule has 0 aromatic carbocycles. The monoisotopic (exact) mass is 264 g/mol. The van der Waals surface area contributed by atoms with Gasteiger partial charge in [0, 0.05) is 12.3 Å². The third-order valence-corrected chi connectivity index (χ3v) is 2.32. The van der Waals surface area contributed by atoms with Crippen LogP contribution < -0.4 is 5.32 Å². The zero-order chi connectivity index (χ0) is 13.3. The van der Waals surface area contributed by atoms with Gasteiger partial charge < -0.3 is 4.74 Å². The van der Waals surface area contributed by atoms with E-state index in [0.29, 0.717) is 0 Å². The molecule has 0 saturated heterocycles. The van der Waals surface area contributed by atoms with Gasteiger partial charge in [-0.05, 0) is 20.8 Å². The van der Waals surface area contributed by atoms with Gasteiger partial charge in [-0.3, -0.25) is 5.32 Å². The SMILES string of the molecule is CC(C)(C)OC(=O)Nc1nc(C(C)(F)F)cs1. The van der Waals surface area contributed by atoms with E-state index in [0.717, 1.165) is 18.3 Å². The second-order valence-electron chi connectivity index (χ2n) is 4.55. The van der Waals surface area contributed by atoms with Gasteiger partial charge in [-0.25, -0.2) is 9.78 Å². The largest absolute Gasteiger partial charge is 0.444 e. The van der Waals surface area contributed by atoms with Crippen LogP contribution in [0.3, 0.4) is 0 Å². The molecular formula is C10H14F2N2O2S. The molecule has 7 heteroatoms. The van der Waals surface area contributed by atoms with E-state index in [1.807, 2.05) is 0 Å². The van der Waals surface area contributed by atoms with Crippen LogP contribution in [0, 0.1) is 0 Å². The van der Waals surface area contributed by atoms with Crippen molar-refractivity contribution in [2.45, 2.75) is 39.2 Å². The molecule has 0 aliphatic rings. The first-order valence-electron chi connectivity index (χ1n) is 4.92. The van der Waals surface area contributed by atoms with E-state index in [4.69, 9.17) is 4.74 Å². The molecule has 0 aliphatic carbocycles. The quantitative estimate of drug-likeness (QED) is 0.887. The van der Waals surface area contributed by atoms with Gasteiger partial charge in [-0.1, -0.05) is 0 Å². The molecule has 4 nitrogen and oxygen atoms in total. The molecule has 1 N–H and O–H groups in total. The van der Waals surface area contributed by atoms with E-state index in [9.17, 15) is 13.6 Å². The van der Waals surface area contributed by atoms with Gasteiger partial charge in [-0.15, -0.1) is 11.3 Å². The molecule has 0 bridgehead atoms. The number of carbonyl (C=O) groups excluding carboxylic acids is 1. The summed E-state index contributed by atoms with van der Waals surface area (Å²) in [4.78, 5) is 14.9. The maximum Gasteiger partial charge on any atom is 0.413 e. The van der Waals surface area contributed by atoms with Crippen LogP contribution in [0.2, 0.25) is 0 Å². The Morgan fingerprint density at radius 2 is 2.00 bits per heavy atom. The van der Waals surface area contributed by atoms with Gasteiger partial charge in [0.2, 0.25) is 0 Å². The number of nitrogens with zero attached hydrogens (tertiary/aromatic N) is 1. The number of rotatable bonds is 2. The minimum atomic E-state index is -3.01. The molecular weight excluding hydrogens is 250 g/mol. The first kappa shape index (κ1) is 13.8. The van der Waals surface area contributed by atoms with Crippen LogP contribution >= 0.6 is 11.3 Å². The van der Waals surface area contributed by atoms with Gasteiger partial charge in [0.15, 0.2) is 5.13 Å². The van der Waals surface area contributed by atoms with E-state index in [1.165, 1.54) is 5.38 Å². The Balaban J connectivity index is 2.65. The molecule has 0 fully saturated rings. The van der Waals surface area contributed by atoms with Crippen molar-refractivity contribution in [1.29, 1.82) is 0 Å². The molecule has 1 heterocycles. The number of nitrogens with one attached hydrogen (secondary N) is 1. The smallest absolute Gasteiger partial charge is 0.413 e. The first-order chi connectivity index (χ1) is 7.58. The number of thiazole rings is 1. The normalized spacial score (nSPS) is 12.4. The Kier molecular flexibility index (Phi) is 3.71. The fraction of sp³-hybridized carbons (Fsp3) is 0.600. The Morgan fingerprint density at radius 3 is 2.41 bits per heavy atom. The van der Waals surface area contributed by atoms with Crippen LogP contribution in [-0.4, -0.2) is 16.7 Å². The Morgan fingerprint density at radius 1 is 1.41 bits per heavy atom. The number of carbonyl (C=O) groups is 1. The van der Waals surface area contributed by atoms with Crippen molar-refractivity contribution in [3.8, 4) is 0 Å². The summed E-state index contributed by atoms with van der Waals surface area (Å²) >= 11 is 0.928. The van der Waals surface area contributed by atoms with Gasteiger partial charge in [0.1, 0.15) is 11.3 Å². The van der Waals surface area contributed by atoms with Gasteiger partial charge in [0.25, 0.3) is 5.92 Å². The lowest BCUT2D eigenvalue weighted by Crippen LogP contribution is -2.27. The van der Waals surface area contributed by atoms with Crippen LogP contribution in [0.1, 0.15) is 33.4 Å². The van der Waals surface area contributed by atoms with Crippen LogP contribution in [-0.2, 0) is 10.7 Å². The Hall–Kier alpha value is -1.24. The predicted octanol–water partition coefficient (Wildman–Crippen LogP) is 3.60. The zero-order valence-electron chi connectivity index (χ0n) is 10.0. The molecule has 96 valence electrons. The van der Waals surface area contributed by atoms with E-state index >= 15 is 0 Å². The van der Waals surface area contributed by atoms with Crippen molar-refractivity contribution in [2.24, 2.45) is 0 Å². The summed E-state index contributed by atoms with van der Waals surface area (Å²) in [6.07, 6.45) is -0.710. The highest BCUT2D eigenvalue weighted by molar-refractivity contribution is 7.13. The molecule has 17 heavy (non-hydrogen) atoms. The van der Waals surface area contributed by atoms with Gasteiger partial charge in [-0.2, -0.15) is 8.78 Å². The first-order valence-corrected chi connectivity index (χ1v) is 5.80. The summed E-state index contributed by atoms with van der Waals surface area (Å²) < 4.78 is 30.7. The van der Waals surface area contributed by atoms with Crippen molar-refractivity contribution in [3.63, 3.8) is 0 Å². The average molecular weight is 264 g/mol. The molecule has 1 aromatic heterocycles. The highest BCUT2D eigenvalue weighted by Gasteiger charge is 2.28. The molecule has 0 saturated carbocycles. The van der Waals surface area contributed by atoms with Crippen molar-refractivity contribution in [1.82, 2.24) is 4.98 Å². The van der Waals surface area contributed by atoms with E-state index < -0.39 is 17.6 Å².